The van der Waals surface area contributed by atoms with Crippen LogP contribution < -0.4 is 5.32 Å². The van der Waals surface area contributed by atoms with Gasteiger partial charge in [-0.15, -0.1) is 11.8 Å². The number of rotatable bonds is 8. The average Bonchev–Trinajstić information content (AvgIpc) is 3.31. The van der Waals surface area contributed by atoms with Gasteiger partial charge in [-0.25, -0.2) is 0 Å². The molecule has 4 heteroatoms. The molecule has 0 saturated carbocycles. The molecule has 1 fully saturated rings. The number of hydrogen-bond donors (Lipinski definition) is 1. The van der Waals surface area contributed by atoms with Crippen molar-refractivity contribution in [2.24, 2.45) is 0 Å². The van der Waals surface area contributed by atoms with Crippen LogP contribution in [0.4, 0.5) is 0 Å². The molecule has 0 bridgehead atoms. The van der Waals surface area contributed by atoms with Gasteiger partial charge in [0.05, 0.1) is 0 Å². The summed E-state index contributed by atoms with van der Waals surface area (Å²) in [5.74, 6) is 0.869. The van der Waals surface area contributed by atoms with E-state index in [1.165, 1.54) is 42.0 Å². The second-order valence-corrected chi connectivity index (χ2v) is 8.83. The molecular formula is C26H28N2OS. The fourth-order valence-electron chi connectivity index (χ4n) is 3.68. The van der Waals surface area contributed by atoms with Crippen molar-refractivity contribution in [3.8, 4) is 0 Å². The van der Waals surface area contributed by atoms with Gasteiger partial charge in [-0.2, -0.15) is 0 Å². The molecule has 3 aromatic carbocycles. The van der Waals surface area contributed by atoms with Crippen LogP contribution in [0.1, 0.15) is 39.9 Å². The van der Waals surface area contributed by atoms with Crippen molar-refractivity contribution in [2.75, 3.05) is 13.1 Å². The Morgan fingerprint density at radius 2 is 1.43 bits per heavy atom. The predicted octanol–water partition coefficient (Wildman–Crippen LogP) is 5.50. The lowest BCUT2D eigenvalue weighted by Crippen LogP contribution is -2.22. The number of carbonyl (C=O) groups is 1. The molecule has 4 rings (SSSR count). The highest BCUT2D eigenvalue weighted by molar-refractivity contribution is 7.98. The van der Waals surface area contributed by atoms with Crippen LogP contribution in [0.5, 0.6) is 0 Å². The minimum absolute atomic E-state index is 0.0293. The van der Waals surface area contributed by atoms with E-state index in [0.29, 0.717) is 12.1 Å². The van der Waals surface area contributed by atoms with Crippen molar-refractivity contribution < 1.29 is 4.79 Å². The summed E-state index contributed by atoms with van der Waals surface area (Å²) < 4.78 is 0. The summed E-state index contributed by atoms with van der Waals surface area (Å²) in [4.78, 5) is 16.2. The van der Waals surface area contributed by atoms with Gasteiger partial charge in [0.25, 0.3) is 5.91 Å². The van der Waals surface area contributed by atoms with E-state index in [2.05, 4.69) is 58.7 Å². The minimum atomic E-state index is -0.0293. The lowest BCUT2D eigenvalue weighted by molar-refractivity contribution is 0.0951. The Hall–Kier alpha value is -2.56. The quantitative estimate of drug-likeness (QED) is 0.492. The highest BCUT2D eigenvalue weighted by atomic mass is 32.2. The number of hydrogen-bond acceptors (Lipinski definition) is 3. The Labute approximate surface area is 183 Å². The van der Waals surface area contributed by atoms with Crippen LogP contribution in [-0.4, -0.2) is 23.9 Å². The normalized spacial score (nSPS) is 14.0. The standard InChI is InChI=1S/C26H28N2OS/c29-26(24-14-12-23(13-15-24)20-30-25-6-2-1-3-7-25)27-18-21-8-10-22(11-9-21)19-28-16-4-5-17-28/h1-3,6-15H,4-5,16-20H2,(H,27,29). The van der Waals surface area contributed by atoms with Crippen LogP contribution in [0.2, 0.25) is 0 Å². The van der Waals surface area contributed by atoms with Gasteiger partial charge in [-0.3, -0.25) is 9.69 Å². The summed E-state index contributed by atoms with van der Waals surface area (Å²) in [6.45, 7) is 4.00. The van der Waals surface area contributed by atoms with Crippen molar-refractivity contribution in [1.29, 1.82) is 0 Å². The molecule has 1 heterocycles. The van der Waals surface area contributed by atoms with Crippen LogP contribution in [0.25, 0.3) is 0 Å². The number of thioether (sulfide) groups is 1. The molecule has 0 spiro atoms. The Bertz CT molecular complexity index is 933. The number of nitrogens with zero attached hydrogens (tertiary/aromatic N) is 1. The van der Waals surface area contributed by atoms with E-state index in [9.17, 15) is 4.79 Å². The summed E-state index contributed by atoms with van der Waals surface area (Å²) in [7, 11) is 0. The Morgan fingerprint density at radius 1 is 0.800 bits per heavy atom. The van der Waals surface area contributed by atoms with E-state index in [1.807, 2.05) is 30.3 Å². The number of benzene rings is 3. The average molecular weight is 417 g/mol. The molecule has 1 aliphatic heterocycles. The van der Waals surface area contributed by atoms with Gasteiger partial charge in [0.1, 0.15) is 0 Å². The molecule has 3 nitrogen and oxygen atoms in total. The number of nitrogens with one attached hydrogen (secondary N) is 1. The Kier molecular flexibility index (Phi) is 7.22. The summed E-state index contributed by atoms with van der Waals surface area (Å²) in [6.07, 6.45) is 2.63. The maximum atomic E-state index is 12.5. The van der Waals surface area contributed by atoms with Crippen LogP contribution in [0.3, 0.4) is 0 Å². The number of carbonyl (C=O) groups excluding carboxylic acids is 1. The molecule has 3 aromatic rings. The van der Waals surface area contributed by atoms with Crippen molar-refractivity contribution in [3.63, 3.8) is 0 Å². The van der Waals surface area contributed by atoms with Gasteiger partial charge in [0.15, 0.2) is 0 Å². The first-order valence-corrected chi connectivity index (χ1v) is 11.6. The lowest BCUT2D eigenvalue weighted by atomic mass is 10.1. The molecular weight excluding hydrogens is 388 g/mol. The number of likely N-dealkylation sites (tertiary alicyclic amines) is 1. The van der Waals surface area contributed by atoms with E-state index in [0.717, 1.165) is 17.9 Å². The topological polar surface area (TPSA) is 32.3 Å². The monoisotopic (exact) mass is 416 g/mol. The van der Waals surface area contributed by atoms with Crippen LogP contribution in [0, 0.1) is 0 Å². The zero-order valence-corrected chi connectivity index (χ0v) is 18.0. The molecule has 1 saturated heterocycles. The zero-order valence-electron chi connectivity index (χ0n) is 17.2. The van der Waals surface area contributed by atoms with Crippen molar-refractivity contribution >= 4 is 17.7 Å². The first-order chi connectivity index (χ1) is 14.8. The second kappa shape index (κ2) is 10.5. The van der Waals surface area contributed by atoms with Gasteiger partial charge < -0.3 is 5.32 Å². The first kappa shape index (κ1) is 20.7. The lowest BCUT2D eigenvalue weighted by Gasteiger charge is -2.14. The van der Waals surface area contributed by atoms with Crippen LogP contribution in [0.15, 0.2) is 83.8 Å². The highest BCUT2D eigenvalue weighted by Crippen LogP contribution is 2.22. The van der Waals surface area contributed by atoms with Crippen molar-refractivity contribution in [1.82, 2.24) is 10.2 Å². The molecule has 30 heavy (non-hydrogen) atoms. The molecule has 154 valence electrons. The molecule has 0 radical (unpaired) electrons. The molecule has 0 atom stereocenters. The minimum Gasteiger partial charge on any atom is -0.348 e. The van der Waals surface area contributed by atoms with Crippen LogP contribution >= 0.6 is 11.8 Å². The summed E-state index contributed by atoms with van der Waals surface area (Å²) in [5, 5.41) is 3.03. The summed E-state index contributed by atoms with van der Waals surface area (Å²) in [6, 6.07) is 26.9. The van der Waals surface area contributed by atoms with E-state index in [4.69, 9.17) is 0 Å². The third-order valence-electron chi connectivity index (χ3n) is 5.45. The fourth-order valence-corrected chi connectivity index (χ4v) is 4.56. The van der Waals surface area contributed by atoms with Gasteiger partial charge in [0.2, 0.25) is 0 Å². The smallest absolute Gasteiger partial charge is 0.251 e. The maximum absolute atomic E-state index is 12.5. The predicted molar refractivity (Wildman–Crippen MR) is 125 cm³/mol. The van der Waals surface area contributed by atoms with E-state index < -0.39 is 0 Å². The third kappa shape index (κ3) is 5.97. The van der Waals surface area contributed by atoms with E-state index in [-0.39, 0.29) is 5.91 Å². The van der Waals surface area contributed by atoms with Gasteiger partial charge in [0, 0.05) is 29.3 Å². The Balaban J connectivity index is 1.24. The largest absolute Gasteiger partial charge is 0.348 e. The summed E-state index contributed by atoms with van der Waals surface area (Å²) >= 11 is 1.80. The molecule has 1 aliphatic rings. The highest BCUT2D eigenvalue weighted by Gasteiger charge is 2.11. The number of amides is 1. The SMILES string of the molecule is O=C(NCc1ccc(CN2CCCC2)cc1)c1ccc(CSc2ccccc2)cc1. The molecule has 1 amide bonds. The molecule has 0 aromatic heterocycles. The van der Waals surface area contributed by atoms with Crippen molar-refractivity contribution in [2.45, 2.75) is 36.6 Å². The first-order valence-electron chi connectivity index (χ1n) is 10.6. The van der Waals surface area contributed by atoms with Gasteiger partial charge in [-0.05, 0) is 66.9 Å². The zero-order chi connectivity index (χ0) is 20.6. The second-order valence-electron chi connectivity index (χ2n) is 7.78. The molecule has 0 aliphatic carbocycles. The van der Waals surface area contributed by atoms with Gasteiger partial charge in [-0.1, -0.05) is 54.6 Å². The molecule has 0 unspecified atom stereocenters. The van der Waals surface area contributed by atoms with E-state index >= 15 is 0 Å². The fraction of sp³-hybridized carbons (Fsp3) is 0.269. The summed E-state index contributed by atoms with van der Waals surface area (Å²) in [5.41, 5.74) is 4.39. The van der Waals surface area contributed by atoms with E-state index in [1.54, 1.807) is 11.8 Å². The third-order valence-corrected chi connectivity index (χ3v) is 6.53. The molecule has 1 N–H and O–H groups in total. The maximum Gasteiger partial charge on any atom is 0.251 e. The van der Waals surface area contributed by atoms with Gasteiger partial charge >= 0.3 is 0 Å². The Morgan fingerprint density at radius 3 is 2.13 bits per heavy atom. The van der Waals surface area contributed by atoms with Crippen LogP contribution in [-0.2, 0) is 18.8 Å². The van der Waals surface area contributed by atoms with Crippen molar-refractivity contribution in [3.05, 3.63) is 101 Å².